The van der Waals surface area contributed by atoms with E-state index in [1.807, 2.05) is 0 Å². The highest BCUT2D eigenvalue weighted by Crippen LogP contribution is 2.57. The van der Waals surface area contributed by atoms with Crippen LogP contribution < -0.4 is 5.32 Å². The minimum atomic E-state index is -0.415. The largest absolute Gasteiger partial charge is 0.390 e. The Balaban J connectivity index is 1.25. The van der Waals surface area contributed by atoms with Crippen molar-refractivity contribution in [3.05, 3.63) is 11.7 Å². The maximum atomic E-state index is 10.8. The molecule has 6 rings (SSSR count). The summed E-state index contributed by atoms with van der Waals surface area (Å²) in [6.07, 6.45) is 13.0. The van der Waals surface area contributed by atoms with Gasteiger partial charge in [0.15, 0.2) is 5.82 Å². The van der Waals surface area contributed by atoms with Gasteiger partial charge in [-0.05, 0) is 63.2 Å². The lowest BCUT2D eigenvalue weighted by Gasteiger charge is -2.60. The van der Waals surface area contributed by atoms with E-state index in [0.717, 1.165) is 31.0 Å². The van der Waals surface area contributed by atoms with Crippen molar-refractivity contribution >= 4 is 0 Å². The fraction of sp³-hybridized carbons (Fsp3) is 0.895. The van der Waals surface area contributed by atoms with E-state index < -0.39 is 5.60 Å². The van der Waals surface area contributed by atoms with Crippen molar-refractivity contribution in [3.63, 3.8) is 0 Å². The molecule has 1 heterocycles. The highest BCUT2D eigenvalue weighted by molar-refractivity contribution is 5.12. The van der Waals surface area contributed by atoms with Crippen LogP contribution in [0.4, 0.5) is 0 Å². The van der Waals surface area contributed by atoms with Gasteiger partial charge < -0.3 is 14.9 Å². The minimum absolute atomic E-state index is 0.102. The Morgan fingerprint density at radius 3 is 2.54 bits per heavy atom. The van der Waals surface area contributed by atoms with Crippen molar-refractivity contribution in [2.45, 2.75) is 94.2 Å². The topological polar surface area (TPSA) is 71.2 Å². The van der Waals surface area contributed by atoms with E-state index in [4.69, 9.17) is 4.52 Å². The molecule has 0 spiro atoms. The number of nitrogens with zero attached hydrogens (tertiary/aromatic N) is 2. The van der Waals surface area contributed by atoms with Crippen LogP contribution in [-0.2, 0) is 6.54 Å². The number of aliphatic hydroxyl groups is 1. The van der Waals surface area contributed by atoms with Crippen LogP contribution in [0.3, 0.4) is 0 Å². The molecule has 2 N–H and O–H groups in total. The fourth-order valence-electron chi connectivity index (χ4n) is 6.54. The summed E-state index contributed by atoms with van der Waals surface area (Å²) in [5, 5.41) is 18.8. The molecule has 1 aromatic heterocycles. The van der Waals surface area contributed by atoms with Crippen molar-refractivity contribution in [2.75, 3.05) is 0 Å². The maximum absolute atomic E-state index is 10.8. The second kappa shape index (κ2) is 5.53. The van der Waals surface area contributed by atoms with Crippen LogP contribution in [0.15, 0.2) is 4.52 Å². The summed E-state index contributed by atoms with van der Waals surface area (Å²) in [5.74, 6) is 3.51. The highest BCUT2D eigenvalue weighted by atomic mass is 16.5. The van der Waals surface area contributed by atoms with E-state index in [-0.39, 0.29) is 5.54 Å². The van der Waals surface area contributed by atoms with Gasteiger partial charge in [0.25, 0.3) is 0 Å². The predicted molar refractivity (Wildman–Crippen MR) is 89.3 cm³/mol. The first kappa shape index (κ1) is 15.3. The molecule has 0 radical (unpaired) electrons. The molecular weight excluding hydrogens is 302 g/mol. The van der Waals surface area contributed by atoms with Crippen molar-refractivity contribution in [1.29, 1.82) is 0 Å². The average Bonchev–Trinajstić information content (AvgIpc) is 3.01. The Bertz CT molecular complexity index is 594. The van der Waals surface area contributed by atoms with Crippen molar-refractivity contribution in [3.8, 4) is 0 Å². The number of nitrogens with one attached hydrogen (secondary N) is 1. The summed E-state index contributed by atoms with van der Waals surface area (Å²) < 4.78 is 5.54. The Kier molecular flexibility index (Phi) is 3.53. The molecule has 0 saturated heterocycles. The molecule has 132 valence electrons. The second-order valence-corrected chi connectivity index (χ2v) is 9.20. The highest BCUT2D eigenvalue weighted by Gasteiger charge is 2.56. The molecule has 4 bridgehead atoms. The second-order valence-electron chi connectivity index (χ2n) is 9.20. The van der Waals surface area contributed by atoms with E-state index in [1.165, 1.54) is 51.4 Å². The molecule has 5 nitrogen and oxygen atoms in total. The van der Waals surface area contributed by atoms with E-state index in [9.17, 15) is 5.11 Å². The summed E-state index contributed by atoms with van der Waals surface area (Å²) in [6.45, 7) is 0.672. The zero-order valence-electron chi connectivity index (χ0n) is 14.5. The third-order valence-electron chi connectivity index (χ3n) is 7.09. The minimum Gasteiger partial charge on any atom is -0.390 e. The summed E-state index contributed by atoms with van der Waals surface area (Å²) >= 11 is 0. The molecule has 1 aromatic rings. The van der Waals surface area contributed by atoms with Crippen LogP contribution in [0.5, 0.6) is 0 Å². The first-order chi connectivity index (χ1) is 11.6. The lowest BCUT2D eigenvalue weighted by molar-refractivity contribution is -0.142. The molecule has 5 heteroatoms. The SMILES string of the molecule is OC12C[C@H]3C[C@@H](C1)CC(NCc1noc(C4CCCCC4)n1)(C3)C2. The zero-order valence-corrected chi connectivity index (χ0v) is 14.5. The molecule has 0 amide bonds. The number of aromatic nitrogens is 2. The molecule has 5 aliphatic carbocycles. The van der Waals surface area contributed by atoms with Gasteiger partial charge in [-0.25, -0.2) is 0 Å². The van der Waals surface area contributed by atoms with Gasteiger partial charge in [-0.1, -0.05) is 24.4 Å². The predicted octanol–water partition coefficient (Wildman–Crippen LogP) is 3.29. The first-order valence-electron chi connectivity index (χ1n) is 9.91. The Labute approximate surface area is 143 Å². The van der Waals surface area contributed by atoms with Crippen molar-refractivity contribution in [2.24, 2.45) is 11.8 Å². The summed E-state index contributed by atoms with van der Waals surface area (Å²) in [4.78, 5) is 4.67. The normalized spacial score (nSPS) is 41.9. The van der Waals surface area contributed by atoms with E-state index >= 15 is 0 Å². The standard InChI is InChI=1S/C19H29N3O2/c23-19-9-13-6-14(10-19)8-18(7-13,12-19)20-11-16-21-17(24-22-16)15-4-2-1-3-5-15/h13-15,20,23H,1-12H2/t13-,14+,18?,19?. The lowest BCUT2D eigenvalue weighted by Crippen LogP contribution is -2.64. The Hall–Kier alpha value is -0.940. The Morgan fingerprint density at radius 1 is 1.08 bits per heavy atom. The van der Waals surface area contributed by atoms with Crippen LogP contribution in [-0.4, -0.2) is 26.4 Å². The van der Waals surface area contributed by atoms with Crippen LogP contribution in [0.25, 0.3) is 0 Å². The molecule has 0 aliphatic heterocycles. The van der Waals surface area contributed by atoms with Crippen LogP contribution >= 0.6 is 0 Å². The van der Waals surface area contributed by atoms with E-state index in [2.05, 4.69) is 15.5 Å². The summed E-state index contributed by atoms with van der Waals surface area (Å²) in [6, 6.07) is 0. The molecule has 4 atom stereocenters. The van der Waals surface area contributed by atoms with Gasteiger partial charge in [0.05, 0.1) is 12.1 Å². The fourth-order valence-corrected chi connectivity index (χ4v) is 6.54. The first-order valence-corrected chi connectivity index (χ1v) is 9.91. The number of hydrogen-bond acceptors (Lipinski definition) is 5. The van der Waals surface area contributed by atoms with Gasteiger partial charge in [0.1, 0.15) is 0 Å². The van der Waals surface area contributed by atoms with Gasteiger partial charge in [-0.3, -0.25) is 0 Å². The van der Waals surface area contributed by atoms with Crippen LogP contribution in [0.2, 0.25) is 0 Å². The molecule has 5 fully saturated rings. The van der Waals surface area contributed by atoms with E-state index in [1.54, 1.807) is 0 Å². The van der Waals surface area contributed by atoms with E-state index in [0.29, 0.717) is 24.3 Å². The smallest absolute Gasteiger partial charge is 0.229 e. The van der Waals surface area contributed by atoms with Crippen LogP contribution in [0, 0.1) is 11.8 Å². The molecular formula is C19H29N3O2. The van der Waals surface area contributed by atoms with Crippen LogP contribution in [0.1, 0.15) is 88.3 Å². The van der Waals surface area contributed by atoms with Gasteiger partial charge in [0.2, 0.25) is 5.89 Å². The zero-order chi connectivity index (χ0) is 16.2. The summed E-state index contributed by atoms with van der Waals surface area (Å²) in [5.41, 5.74) is -0.313. The lowest BCUT2D eigenvalue weighted by atomic mass is 9.51. The number of hydrogen-bond donors (Lipinski definition) is 2. The van der Waals surface area contributed by atoms with Gasteiger partial charge in [-0.2, -0.15) is 4.98 Å². The van der Waals surface area contributed by atoms with Gasteiger partial charge in [-0.15, -0.1) is 0 Å². The number of rotatable bonds is 4. The van der Waals surface area contributed by atoms with Crippen molar-refractivity contribution < 1.29 is 9.63 Å². The monoisotopic (exact) mass is 331 g/mol. The molecule has 5 aliphatic rings. The van der Waals surface area contributed by atoms with Gasteiger partial charge in [0, 0.05) is 11.5 Å². The Morgan fingerprint density at radius 2 is 1.83 bits per heavy atom. The van der Waals surface area contributed by atoms with Gasteiger partial charge >= 0.3 is 0 Å². The molecule has 0 aromatic carbocycles. The molecule has 5 saturated carbocycles. The third kappa shape index (κ3) is 2.70. The maximum Gasteiger partial charge on any atom is 0.229 e. The molecule has 24 heavy (non-hydrogen) atoms. The quantitative estimate of drug-likeness (QED) is 0.886. The molecule has 2 unspecified atom stereocenters. The third-order valence-corrected chi connectivity index (χ3v) is 7.09. The average molecular weight is 331 g/mol. The van der Waals surface area contributed by atoms with Crippen molar-refractivity contribution in [1.82, 2.24) is 15.5 Å². The summed E-state index contributed by atoms with van der Waals surface area (Å²) in [7, 11) is 0.